The van der Waals surface area contributed by atoms with Crippen LogP contribution in [0.15, 0.2) is 34.8 Å². The number of nitrogens with one attached hydrogen (secondary N) is 2. The number of halogens is 4. The molecule has 0 spiro atoms. The van der Waals surface area contributed by atoms with Crippen LogP contribution in [0.5, 0.6) is 0 Å². The van der Waals surface area contributed by atoms with Gasteiger partial charge in [-0.15, -0.1) is 35.3 Å². The second-order valence-electron chi connectivity index (χ2n) is 6.06. The number of aromatic nitrogens is 2. The molecule has 0 bridgehead atoms. The number of guanidine groups is 1. The zero-order valence-corrected chi connectivity index (χ0v) is 19.7. The minimum Gasteiger partial charge on any atom is -0.357 e. The molecule has 2 aromatic rings. The van der Waals surface area contributed by atoms with E-state index in [0.717, 1.165) is 22.4 Å². The van der Waals surface area contributed by atoms with Crippen molar-refractivity contribution in [1.82, 2.24) is 25.5 Å². The molecule has 7 nitrogen and oxygen atoms in total. The number of hydrogen-bond acceptors (Lipinski definition) is 5. The van der Waals surface area contributed by atoms with Gasteiger partial charge in [0.05, 0.1) is 6.54 Å². The SMILES string of the molecule is CCNC(=NCC(=O)N(C)CCc1ccccn1)NCc1nc(C(F)(F)F)cs1.I. The van der Waals surface area contributed by atoms with Crippen molar-refractivity contribution in [1.29, 1.82) is 0 Å². The van der Waals surface area contributed by atoms with Crippen LogP contribution in [0.2, 0.25) is 0 Å². The Bertz CT molecular complexity index is 816. The van der Waals surface area contributed by atoms with Gasteiger partial charge in [0.15, 0.2) is 11.7 Å². The van der Waals surface area contributed by atoms with Crippen LogP contribution in [0.1, 0.15) is 23.3 Å². The Labute approximate surface area is 194 Å². The second-order valence-corrected chi connectivity index (χ2v) is 7.00. The molecule has 0 fully saturated rings. The van der Waals surface area contributed by atoms with E-state index < -0.39 is 11.9 Å². The molecule has 30 heavy (non-hydrogen) atoms. The maximum atomic E-state index is 12.6. The number of hydrogen-bond donors (Lipinski definition) is 2. The van der Waals surface area contributed by atoms with Gasteiger partial charge in [-0.2, -0.15) is 13.2 Å². The van der Waals surface area contributed by atoms with Crippen molar-refractivity contribution < 1.29 is 18.0 Å². The Morgan fingerprint density at radius 3 is 2.67 bits per heavy atom. The zero-order valence-electron chi connectivity index (χ0n) is 16.6. The number of thiazole rings is 1. The maximum Gasteiger partial charge on any atom is 0.434 e. The number of carbonyl (C=O) groups excluding carboxylic acids is 1. The van der Waals surface area contributed by atoms with Gasteiger partial charge < -0.3 is 15.5 Å². The van der Waals surface area contributed by atoms with E-state index in [1.165, 1.54) is 0 Å². The van der Waals surface area contributed by atoms with Crippen molar-refractivity contribution in [2.45, 2.75) is 26.1 Å². The van der Waals surface area contributed by atoms with E-state index in [9.17, 15) is 18.0 Å². The molecule has 0 saturated carbocycles. The Morgan fingerprint density at radius 2 is 2.07 bits per heavy atom. The standard InChI is InChI=1S/C18H23F3N6OS.HI/c1-3-22-17(24-10-15-26-14(12-29-15)18(19,20)21)25-11-16(28)27(2)9-7-13-6-4-5-8-23-13;/h4-6,8,12H,3,7,9-11H2,1-2H3,(H2,22,24,25);1H. The molecule has 0 unspecified atom stereocenters. The molecule has 0 aromatic carbocycles. The van der Waals surface area contributed by atoms with Crippen LogP contribution in [0, 0.1) is 0 Å². The topological polar surface area (TPSA) is 82.5 Å². The van der Waals surface area contributed by atoms with Gasteiger partial charge in [-0.3, -0.25) is 9.78 Å². The molecule has 2 N–H and O–H groups in total. The second kappa shape index (κ2) is 12.7. The summed E-state index contributed by atoms with van der Waals surface area (Å²) in [7, 11) is 1.69. The number of aliphatic imine (C=N–C) groups is 1. The lowest BCUT2D eigenvalue weighted by Gasteiger charge is -2.16. The van der Waals surface area contributed by atoms with E-state index in [0.29, 0.717) is 25.5 Å². The minimum absolute atomic E-state index is 0. The minimum atomic E-state index is -4.46. The largest absolute Gasteiger partial charge is 0.434 e. The molecule has 2 heterocycles. The smallest absolute Gasteiger partial charge is 0.357 e. The highest BCUT2D eigenvalue weighted by molar-refractivity contribution is 14.0. The maximum absolute atomic E-state index is 12.6. The number of rotatable bonds is 8. The number of carbonyl (C=O) groups is 1. The fraction of sp³-hybridized carbons (Fsp3) is 0.444. The van der Waals surface area contributed by atoms with Crippen LogP contribution < -0.4 is 10.6 Å². The summed E-state index contributed by atoms with van der Waals surface area (Å²) < 4.78 is 37.9. The number of likely N-dealkylation sites (N-methyl/N-ethyl adjacent to an activating group) is 1. The number of pyridine rings is 1. The van der Waals surface area contributed by atoms with Crippen molar-refractivity contribution in [2.24, 2.45) is 4.99 Å². The van der Waals surface area contributed by atoms with E-state index in [4.69, 9.17) is 0 Å². The number of nitrogens with zero attached hydrogens (tertiary/aromatic N) is 4. The summed E-state index contributed by atoms with van der Waals surface area (Å²) in [4.78, 5) is 25.8. The molecular weight excluding hydrogens is 532 g/mol. The highest BCUT2D eigenvalue weighted by Gasteiger charge is 2.33. The first-order chi connectivity index (χ1) is 13.8. The predicted octanol–water partition coefficient (Wildman–Crippen LogP) is 2.93. The van der Waals surface area contributed by atoms with E-state index in [2.05, 4.69) is 25.6 Å². The summed E-state index contributed by atoms with van der Waals surface area (Å²) in [6, 6.07) is 5.62. The molecule has 0 aliphatic rings. The Morgan fingerprint density at radius 1 is 1.30 bits per heavy atom. The molecule has 0 saturated heterocycles. The van der Waals surface area contributed by atoms with Crippen molar-refractivity contribution in [3.05, 3.63) is 46.2 Å². The van der Waals surface area contributed by atoms with Crippen molar-refractivity contribution in [3.63, 3.8) is 0 Å². The van der Waals surface area contributed by atoms with Gasteiger partial charge in [0.25, 0.3) is 0 Å². The Kier molecular flexibility index (Phi) is 11.0. The van der Waals surface area contributed by atoms with E-state index in [1.807, 2.05) is 25.1 Å². The average molecular weight is 556 g/mol. The normalized spacial score (nSPS) is 11.6. The lowest BCUT2D eigenvalue weighted by Crippen LogP contribution is -2.38. The first kappa shape index (κ1) is 26.1. The highest BCUT2D eigenvalue weighted by Crippen LogP contribution is 2.29. The van der Waals surface area contributed by atoms with Crippen LogP contribution in [0.4, 0.5) is 13.2 Å². The van der Waals surface area contributed by atoms with Gasteiger partial charge in [-0.1, -0.05) is 6.07 Å². The van der Waals surface area contributed by atoms with Gasteiger partial charge in [0, 0.05) is 43.8 Å². The molecule has 12 heteroatoms. The summed E-state index contributed by atoms with van der Waals surface area (Å²) in [5.74, 6) is 0.162. The van der Waals surface area contributed by atoms with Crippen molar-refractivity contribution in [2.75, 3.05) is 26.7 Å². The van der Waals surface area contributed by atoms with E-state index in [1.54, 1.807) is 18.1 Å². The Hall–Kier alpha value is -1.96. The van der Waals surface area contributed by atoms with Crippen molar-refractivity contribution in [3.8, 4) is 0 Å². The highest BCUT2D eigenvalue weighted by atomic mass is 127. The molecular formula is C18H24F3IN6OS. The molecule has 0 aliphatic heterocycles. The summed E-state index contributed by atoms with van der Waals surface area (Å²) in [6.45, 7) is 2.90. The fourth-order valence-corrected chi connectivity index (χ4v) is 2.98. The molecule has 0 radical (unpaired) electrons. The molecule has 1 amide bonds. The molecule has 2 rings (SSSR count). The lowest BCUT2D eigenvalue weighted by molar-refractivity contribution is -0.140. The van der Waals surface area contributed by atoms with Crippen LogP contribution in [-0.4, -0.2) is 53.4 Å². The predicted molar refractivity (Wildman–Crippen MR) is 121 cm³/mol. The van der Waals surface area contributed by atoms with Gasteiger partial charge >= 0.3 is 6.18 Å². The first-order valence-electron chi connectivity index (χ1n) is 8.97. The van der Waals surface area contributed by atoms with Crippen LogP contribution in [0.25, 0.3) is 0 Å². The third-order valence-corrected chi connectivity index (χ3v) is 4.67. The molecule has 166 valence electrons. The van der Waals surface area contributed by atoms with Gasteiger partial charge in [0.2, 0.25) is 5.91 Å². The fourth-order valence-electron chi connectivity index (χ4n) is 2.24. The van der Waals surface area contributed by atoms with Crippen LogP contribution in [0.3, 0.4) is 0 Å². The van der Waals surface area contributed by atoms with Crippen LogP contribution in [-0.2, 0) is 23.9 Å². The first-order valence-corrected chi connectivity index (χ1v) is 9.85. The quantitative estimate of drug-likeness (QED) is 0.297. The van der Waals surface area contributed by atoms with Crippen molar-refractivity contribution >= 4 is 47.2 Å². The summed E-state index contributed by atoms with van der Waals surface area (Å²) in [5, 5.41) is 7.10. The summed E-state index contributed by atoms with van der Waals surface area (Å²) >= 11 is 0.913. The van der Waals surface area contributed by atoms with E-state index >= 15 is 0 Å². The van der Waals surface area contributed by atoms with E-state index in [-0.39, 0.29) is 48.0 Å². The average Bonchev–Trinajstić information content (AvgIpc) is 3.18. The van der Waals surface area contributed by atoms with Crippen LogP contribution >= 0.6 is 35.3 Å². The third kappa shape index (κ3) is 8.81. The Balaban J connectivity index is 0.00000450. The lowest BCUT2D eigenvalue weighted by atomic mass is 10.2. The molecule has 2 aromatic heterocycles. The number of alkyl halides is 3. The zero-order chi connectivity index (χ0) is 21.3. The summed E-state index contributed by atoms with van der Waals surface area (Å²) in [5.41, 5.74) is -0.0155. The monoisotopic (exact) mass is 556 g/mol. The van der Waals surface area contributed by atoms with Gasteiger partial charge in [-0.25, -0.2) is 9.98 Å². The third-order valence-electron chi connectivity index (χ3n) is 3.82. The van der Waals surface area contributed by atoms with Gasteiger partial charge in [0.1, 0.15) is 11.6 Å². The molecule has 0 aliphatic carbocycles. The molecule has 0 atom stereocenters. The van der Waals surface area contributed by atoms with Gasteiger partial charge in [-0.05, 0) is 19.1 Å². The summed E-state index contributed by atoms with van der Waals surface area (Å²) in [6.07, 6.45) is -2.12. The number of amides is 1.